The number of rotatable bonds is 6. The number of ether oxygens (including phenoxy) is 1. The number of aryl methyl sites for hydroxylation is 2. The zero-order valence-electron chi connectivity index (χ0n) is 13.0. The van der Waals surface area contributed by atoms with E-state index >= 15 is 0 Å². The molecule has 0 fully saturated rings. The van der Waals surface area contributed by atoms with Gasteiger partial charge in [-0.05, 0) is 37.6 Å². The van der Waals surface area contributed by atoms with Crippen molar-refractivity contribution in [1.82, 2.24) is 5.43 Å². The molecule has 0 unspecified atom stereocenters. The number of nitrogens with zero attached hydrogens (tertiary/aromatic N) is 1. The smallest absolute Gasteiger partial charge is 0.328 e. The predicted molar refractivity (Wildman–Crippen MR) is 85.7 cm³/mol. The van der Waals surface area contributed by atoms with Gasteiger partial charge in [-0.15, -0.1) is 0 Å². The molecule has 0 radical (unpaired) electrons. The minimum atomic E-state index is -4.41. The summed E-state index contributed by atoms with van der Waals surface area (Å²) >= 11 is 0. The van der Waals surface area contributed by atoms with Crippen LogP contribution in [-0.2, 0) is 14.9 Å². The summed E-state index contributed by atoms with van der Waals surface area (Å²) in [6, 6.07) is 7.95. The number of hydrazone groups is 1. The largest absolute Gasteiger partial charge is 0.483 e. The summed E-state index contributed by atoms with van der Waals surface area (Å²) in [4.78, 5) is 11.6. The van der Waals surface area contributed by atoms with Crippen LogP contribution in [-0.4, -0.2) is 31.7 Å². The first-order valence-electron chi connectivity index (χ1n) is 6.85. The molecule has 8 nitrogen and oxygen atoms in total. The van der Waals surface area contributed by atoms with Gasteiger partial charge in [0.05, 0.1) is 6.21 Å². The average molecular weight is 352 g/mol. The van der Waals surface area contributed by atoms with Crippen LogP contribution in [0.4, 0.5) is 0 Å². The van der Waals surface area contributed by atoms with Gasteiger partial charge in [-0.3, -0.25) is 9.35 Å². The molecule has 0 atom stereocenters. The first kappa shape index (κ1) is 17.7. The van der Waals surface area contributed by atoms with Crippen LogP contribution < -0.4 is 10.2 Å². The third-order valence-electron chi connectivity index (χ3n) is 2.93. The maximum atomic E-state index is 11.6. The molecule has 9 heteroatoms. The Hall–Kier alpha value is -2.65. The molecule has 2 rings (SSSR count). The summed E-state index contributed by atoms with van der Waals surface area (Å²) in [5, 5.41) is 3.01. The predicted octanol–water partition coefficient (Wildman–Crippen LogP) is 1.67. The summed E-state index contributed by atoms with van der Waals surface area (Å²) in [6.07, 6.45) is 1.10. The lowest BCUT2D eigenvalue weighted by Crippen LogP contribution is -2.24. The van der Waals surface area contributed by atoms with Crippen LogP contribution in [0.15, 0.2) is 44.9 Å². The van der Waals surface area contributed by atoms with Crippen molar-refractivity contribution in [3.8, 4) is 5.75 Å². The topological polar surface area (TPSA) is 118 Å². The molecule has 24 heavy (non-hydrogen) atoms. The molecule has 1 aromatic heterocycles. The third kappa shape index (κ3) is 4.93. The molecule has 0 aliphatic rings. The highest BCUT2D eigenvalue weighted by Gasteiger charge is 2.14. The Morgan fingerprint density at radius 3 is 2.71 bits per heavy atom. The van der Waals surface area contributed by atoms with E-state index in [0.717, 1.165) is 23.4 Å². The van der Waals surface area contributed by atoms with Gasteiger partial charge in [-0.1, -0.05) is 17.7 Å². The Balaban J connectivity index is 1.85. The summed E-state index contributed by atoms with van der Waals surface area (Å²) in [5.41, 5.74) is 4.22. The van der Waals surface area contributed by atoms with Crippen LogP contribution >= 0.6 is 0 Å². The SMILES string of the molecule is Cc1ccc(OCC(=O)NN=Cc2ccc(S(=O)(=O)O)o2)c(C)c1. The van der Waals surface area contributed by atoms with Crippen molar-refractivity contribution in [1.29, 1.82) is 0 Å². The highest BCUT2D eigenvalue weighted by atomic mass is 32.2. The summed E-state index contributed by atoms with van der Waals surface area (Å²) in [5.74, 6) is 0.162. The van der Waals surface area contributed by atoms with E-state index in [4.69, 9.17) is 13.7 Å². The molecule has 0 aliphatic carbocycles. The second-order valence-corrected chi connectivity index (χ2v) is 6.34. The molecule has 2 N–H and O–H groups in total. The fraction of sp³-hybridized carbons (Fsp3) is 0.200. The van der Waals surface area contributed by atoms with Crippen molar-refractivity contribution in [2.45, 2.75) is 18.9 Å². The average Bonchev–Trinajstić information content (AvgIpc) is 2.95. The van der Waals surface area contributed by atoms with Gasteiger partial charge < -0.3 is 9.15 Å². The Morgan fingerprint density at radius 2 is 2.08 bits per heavy atom. The first-order chi connectivity index (χ1) is 11.3. The molecule has 0 bridgehead atoms. The maximum Gasteiger partial charge on any atom is 0.328 e. The monoisotopic (exact) mass is 352 g/mol. The Bertz CT molecular complexity index is 870. The normalized spacial score (nSPS) is 11.6. The van der Waals surface area contributed by atoms with E-state index in [1.54, 1.807) is 6.07 Å². The Labute approximate surface area is 138 Å². The Kier molecular flexibility index (Phi) is 5.37. The minimum absolute atomic E-state index is 0.0539. The number of furan rings is 1. The maximum absolute atomic E-state index is 11.6. The van der Waals surface area contributed by atoms with Crippen LogP contribution in [0.25, 0.3) is 0 Å². The molecular formula is C15H16N2O6S. The molecule has 128 valence electrons. The van der Waals surface area contributed by atoms with Crippen LogP contribution in [0.2, 0.25) is 0 Å². The van der Waals surface area contributed by atoms with Crippen LogP contribution in [0.1, 0.15) is 16.9 Å². The van der Waals surface area contributed by atoms with Gasteiger partial charge in [0.2, 0.25) is 5.09 Å². The number of amides is 1. The fourth-order valence-corrected chi connectivity index (χ4v) is 2.29. The molecular weight excluding hydrogens is 336 g/mol. The van der Waals surface area contributed by atoms with E-state index in [9.17, 15) is 13.2 Å². The van der Waals surface area contributed by atoms with Gasteiger partial charge in [-0.2, -0.15) is 13.5 Å². The van der Waals surface area contributed by atoms with Gasteiger partial charge >= 0.3 is 10.1 Å². The summed E-state index contributed by atoms with van der Waals surface area (Å²) in [6.45, 7) is 3.61. The molecule has 2 aromatic rings. The van der Waals surface area contributed by atoms with Gasteiger partial charge in [0.15, 0.2) is 6.61 Å². The van der Waals surface area contributed by atoms with Crippen LogP contribution in [0, 0.1) is 13.8 Å². The number of benzene rings is 1. The quantitative estimate of drug-likeness (QED) is 0.464. The van der Waals surface area contributed by atoms with Gasteiger partial charge in [0, 0.05) is 0 Å². The molecule has 1 amide bonds. The zero-order valence-corrected chi connectivity index (χ0v) is 13.8. The van der Waals surface area contributed by atoms with Gasteiger partial charge in [-0.25, -0.2) is 5.43 Å². The lowest BCUT2D eigenvalue weighted by Gasteiger charge is -2.08. The summed E-state index contributed by atoms with van der Waals surface area (Å²) in [7, 11) is -4.41. The van der Waals surface area contributed by atoms with E-state index in [0.29, 0.717) is 5.75 Å². The standard InChI is InChI=1S/C15H16N2O6S/c1-10-3-5-13(11(2)7-10)22-9-14(18)17-16-8-12-4-6-15(23-12)24(19,20)21/h3-8H,9H2,1-2H3,(H,17,18)(H,19,20,21). The van der Waals surface area contributed by atoms with Crippen molar-refractivity contribution in [3.05, 3.63) is 47.2 Å². The minimum Gasteiger partial charge on any atom is -0.483 e. The van der Waals surface area contributed by atoms with Gasteiger partial charge in [0.1, 0.15) is 11.5 Å². The summed E-state index contributed by atoms with van der Waals surface area (Å²) < 4.78 is 40.6. The number of carbonyl (C=O) groups is 1. The third-order valence-corrected chi connectivity index (χ3v) is 3.65. The first-order valence-corrected chi connectivity index (χ1v) is 8.29. The molecule has 0 spiro atoms. The number of nitrogens with one attached hydrogen (secondary N) is 1. The fourth-order valence-electron chi connectivity index (χ4n) is 1.85. The number of hydrogen-bond donors (Lipinski definition) is 2. The lowest BCUT2D eigenvalue weighted by atomic mass is 10.1. The molecule has 0 aliphatic heterocycles. The highest BCUT2D eigenvalue weighted by molar-refractivity contribution is 7.85. The molecule has 1 heterocycles. The molecule has 1 aromatic carbocycles. The zero-order chi connectivity index (χ0) is 17.7. The van der Waals surface area contributed by atoms with Crippen molar-refractivity contribution in [3.63, 3.8) is 0 Å². The Morgan fingerprint density at radius 1 is 1.33 bits per heavy atom. The van der Waals surface area contributed by atoms with Crippen LogP contribution in [0.3, 0.4) is 0 Å². The van der Waals surface area contributed by atoms with E-state index in [1.807, 2.05) is 26.0 Å². The van der Waals surface area contributed by atoms with Crippen molar-refractivity contribution in [2.75, 3.05) is 6.61 Å². The van der Waals surface area contributed by atoms with E-state index in [-0.39, 0.29) is 12.4 Å². The number of carbonyl (C=O) groups excluding carboxylic acids is 1. The van der Waals surface area contributed by atoms with Gasteiger partial charge in [0.25, 0.3) is 5.91 Å². The van der Waals surface area contributed by atoms with Crippen molar-refractivity contribution < 1.29 is 26.9 Å². The van der Waals surface area contributed by atoms with Crippen molar-refractivity contribution in [2.24, 2.45) is 5.10 Å². The second kappa shape index (κ2) is 7.28. The van der Waals surface area contributed by atoms with Crippen LogP contribution in [0.5, 0.6) is 5.75 Å². The van der Waals surface area contributed by atoms with E-state index in [1.165, 1.54) is 6.07 Å². The lowest BCUT2D eigenvalue weighted by molar-refractivity contribution is -0.123. The molecule has 0 saturated heterocycles. The number of hydrogen-bond acceptors (Lipinski definition) is 6. The van der Waals surface area contributed by atoms with Crippen molar-refractivity contribution >= 4 is 22.2 Å². The second-order valence-electron chi connectivity index (χ2n) is 4.98. The molecule has 0 saturated carbocycles. The van der Waals surface area contributed by atoms with E-state index < -0.39 is 21.1 Å². The highest BCUT2D eigenvalue weighted by Crippen LogP contribution is 2.18. The van der Waals surface area contributed by atoms with E-state index in [2.05, 4.69) is 10.5 Å².